The van der Waals surface area contributed by atoms with E-state index in [0.717, 1.165) is 5.56 Å². The molecule has 0 aromatic heterocycles. The van der Waals surface area contributed by atoms with Gasteiger partial charge in [-0.05, 0) is 17.7 Å². The van der Waals surface area contributed by atoms with Crippen LogP contribution in [0.15, 0.2) is 24.3 Å². The molecule has 25 heavy (non-hydrogen) atoms. The van der Waals surface area contributed by atoms with Crippen molar-refractivity contribution in [3.63, 3.8) is 0 Å². The van der Waals surface area contributed by atoms with Crippen molar-refractivity contribution >= 4 is 17.8 Å². The Morgan fingerprint density at radius 3 is 2.48 bits per heavy atom. The number of methoxy groups -OCH3 is 1. The van der Waals surface area contributed by atoms with E-state index in [4.69, 9.17) is 4.74 Å². The third kappa shape index (κ3) is 7.80. The number of benzene rings is 1. The minimum atomic E-state index is -0.478. The summed E-state index contributed by atoms with van der Waals surface area (Å²) in [6, 6.07) is 6.99. The molecule has 1 aromatic carbocycles. The number of hydrogen-bond acceptors (Lipinski definition) is 5. The Morgan fingerprint density at radius 2 is 1.84 bits per heavy atom. The van der Waals surface area contributed by atoms with Crippen LogP contribution in [0.25, 0.3) is 0 Å². The molecule has 2 amide bonds. The summed E-state index contributed by atoms with van der Waals surface area (Å²) >= 11 is 0. The maximum absolute atomic E-state index is 12.1. The molecule has 1 aromatic rings. The fourth-order valence-corrected chi connectivity index (χ4v) is 1.86. The Bertz CT molecular complexity index is 608. The lowest BCUT2D eigenvalue weighted by molar-refractivity contribution is -0.147. The summed E-state index contributed by atoms with van der Waals surface area (Å²) in [6.07, 6.45) is 0. The lowest BCUT2D eigenvalue weighted by Gasteiger charge is -2.17. The first kappa shape index (κ1) is 20.6. The van der Waals surface area contributed by atoms with Gasteiger partial charge in [-0.3, -0.25) is 9.59 Å². The van der Waals surface area contributed by atoms with Crippen molar-refractivity contribution in [2.24, 2.45) is 5.41 Å². The van der Waals surface area contributed by atoms with Crippen LogP contribution in [-0.4, -0.2) is 44.7 Å². The average molecular weight is 350 g/mol. The summed E-state index contributed by atoms with van der Waals surface area (Å²) in [5.74, 6) is -0.805. The summed E-state index contributed by atoms with van der Waals surface area (Å²) in [5.41, 5.74) is 0.845. The monoisotopic (exact) mass is 350 g/mol. The van der Waals surface area contributed by atoms with Gasteiger partial charge in [0.1, 0.15) is 13.2 Å². The second-order valence-electron chi connectivity index (χ2n) is 6.54. The second kappa shape index (κ2) is 9.78. The average Bonchev–Trinajstić information content (AvgIpc) is 2.56. The third-order valence-corrected chi connectivity index (χ3v) is 3.24. The molecule has 0 radical (unpaired) electrons. The largest absolute Gasteiger partial charge is 0.462 e. The highest BCUT2D eigenvalue weighted by atomic mass is 16.6. The van der Waals surface area contributed by atoms with Crippen molar-refractivity contribution < 1.29 is 23.9 Å². The van der Waals surface area contributed by atoms with Crippen LogP contribution in [0.2, 0.25) is 0 Å². The molecule has 138 valence electrons. The van der Waals surface area contributed by atoms with Crippen LogP contribution < -0.4 is 10.6 Å². The number of carbonyl (C=O) groups is 3. The molecule has 0 saturated heterocycles. The predicted molar refractivity (Wildman–Crippen MR) is 92.9 cm³/mol. The molecule has 0 spiro atoms. The summed E-state index contributed by atoms with van der Waals surface area (Å²) in [5, 5.41) is 5.51. The van der Waals surface area contributed by atoms with Crippen molar-refractivity contribution in [3.05, 3.63) is 35.4 Å². The van der Waals surface area contributed by atoms with Crippen molar-refractivity contribution in [2.45, 2.75) is 27.3 Å². The molecule has 0 aliphatic carbocycles. The molecule has 0 heterocycles. The fraction of sp³-hybridized carbons (Fsp3) is 0.500. The van der Waals surface area contributed by atoms with Gasteiger partial charge in [-0.25, -0.2) is 4.79 Å². The standard InChI is InChI=1S/C18H26N2O5/c1-18(2,3)17(23)20-11-13-6-5-7-14(10-13)16(22)19-8-9-25-15(21)12-24-4/h5-7,10H,8-9,11-12H2,1-4H3,(H,19,22)(H,20,23). The summed E-state index contributed by atoms with van der Waals surface area (Å²) < 4.78 is 9.50. The topological polar surface area (TPSA) is 93.7 Å². The van der Waals surface area contributed by atoms with E-state index in [1.165, 1.54) is 7.11 Å². The molecule has 2 N–H and O–H groups in total. The molecular weight excluding hydrogens is 324 g/mol. The summed E-state index contributed by atoms with van der Waals surface area (Å²) in [7, 11) is 1.40. The van der Waals surface area contributed by atoms with Crippen LogP contribution in [0.4, 0.5) is 0 Å². The summed E-state index contributed by atoms with van der Waals surface area (Å²) in [4.78, 5) is 35.1. The number of esters is 1. The maximum atomic E-state index is 12.1. The van der Waals surface area contributed by atoms with Gasteiger partial charge >= 0.3 is 5.97 Å². The quantitative estimate of drug-likeness (QED) is 0.544. The zero-order valence-corrected chi connectivity index (χ0v) is 15.2. The van der Waals surface area contributed by atoms with E-state index in [0.29, 0.717) is 12.1 Å². The van der Waals surface area contributed by atoms with Gasteiger partial charge in [0, 0.05) is 24.6 Å². The van der Waals surface area contributed by atoms with Gasteiger partial charge in [-0.1, -0.05) is 32.9 Å². The number of amides is 2. The molecule has 0 aliphatic rings. The highest BCUT2D eigenvalue weighted by Gasteiger charge is 2.20. The number of ether oxygens (including phenoxy) is 2. The first-order valence-corrected chi connectivity index (χ1v) is 8.04. The Hall–Kier alpha value is -2.41. The van der Waals surface area contributed by atoms with E-state index in [2.05, 4.69) is 15.4 Å². The van der Waals surface area contributed by atoms with Gasteiger partial charge in [0.05, 0.1) is 6.54 Å². The van der Waals surface area contributed by atoms with Gasteiger partial charge in [0.15, 0.2) is 0 Å². The third-order valence-electron chi connectivity index (χ3n) is 3.24. The minimum absolute atomic E-state index is 0.0553. The van der Waals surface area contributed by atoms with Crippen LogP contribution in [0.3, 0.4) is 0 Å². The lowest BCUT2D eigenvalue weighted by atomic mass is 9.95. The highest BCUT2D eigenvalue weighted by Crippen LogP contribution is 2.13. The Morgan fingerprint density at radius 1 is 1.12 bits per heavy atom. The Balaban J connectivity index is 2.47. The van der Waals surface area contributed by atoms with E-state index >= 15 is 0 Å². The van der Waals surface area contributed by atoms with Crippen molar-refractivity contribution in [3.8, 4) is 0 Å². The SMILES string of the molecule is COCC(=O)OCCNC(=O)c1cccc(CNC(=O)C(C)(C)C)c1. The molecule has 0 fully saturated rings. The minimum Gasteiger partial charge on any atom is -0.462 e. The maximum Gasteiger partial charge on any atom is 0.332 e. The molecule has 0 saturated carbocycles. The van der Waals surface area contributed by atoms with Gasteiger partial charge < -0.3 is 20.1 Å². The molecule has 0 aliphatic heterocycles. The molecule has 7 heteroatoms. The molecule has 0 bridgehead atoms. The highest BCUT2D eigenvalue weighted by molar-refractivity contribution is 5.94. The summed E-state index contributed by atoms with van der Waals surface area (Å²) in [6.45, 7) is 6.04. The van der Waals surface area contributed by atoms with Crippen LogP contribution in [0.5, 0.6) is 0 Å². The van der Waals surface area contributed by atoms with Crippen molar-refractivity contribution in [2.75, 3.05) is 26.9 Å². The van der Waals surface area contributed by atoms with E-state index < -0.39 is 11.4 Å². The van der Waals surface area contributed by atoms with E-state index in [9.17, 15) is 14.4 Å². The number of rotatable bonds is 8. The predicted octanol–water partition coefficient (Wildman–Crippen LogP) is 1.27. The Labute approximate surface area is 148 Å². The molecule has 7 nitrogen and oxygen atoms in total. The molecule has 0 unspecified atom stereocenters. The smallest absolute Gasteiger partial charge is 0.332 e. The van der Waals surface area contributed by atoms with Crippen LogP contribution in [-0.2, 0) is 25.6 Å². The van der Waals surface area contributed by atoms with Gasteiger partial charge in [0.25, 0.3) is 5.91 Å². The van der Waals surface area contributed by atoms with Gasteiger partial charge in [0.2, 0.25) is 5.91 Å². The van der Waals surface area contributed by atoms with Crippen LogP contribution >= 0.6 is 0 Å². The second-order valence-corrected chi connectivity index (χ2v) is 6.54. The van der Waals surface area contributed by atoms with E-state index in [1.54, 1.807) is 18.2 Å². The molecule has 1 rings (SSSR count). The zero-order valence-electron chi connectivity index (χ0n) is 15.2. The Kier molecular flexibility index (Phi) is 8.07. The van der Waals surface area contributed by atoms with Gasteiger partial charge in [-0.15, -0.1) is 0 Å². The normalized spacial score (nSPS) is 10.9. The first-order chi connectivity index (χ1) is 11.7. The van der Waals surface area contributed by atoms with E-state index in [-0.39, 0.29) is 31.6 Å². The zero-order chi connectivity index (χ0) is 18.9. The number of nitrogens with one attached hydrogen (secondary N) is 2. The van der Waals surface area contributed by atoms with Crippen molar-refractivity contribution in [1.29, 1.82) is 0 Å². The lowest BCUT2D eigenvalue weighted by Crippen LogP contribution is -2.34. The molecule has 0 atom stereocenters. The van der Waals surface area contributed by atoms with E-state index in [1.807, 2.05) is 26.8 Å². The first-order valence-electron chi connectivity index (χ1n) is 8.04. The van der Waals surface area contributed by atoms with Crippen LogP contribution in [0.1, 0.15) is 36.7 Å². The van der Waals surface area contributed by atoms with Crippen molar-refractivity contribution in [1.82, 2.24) is 10.6 Å². The fourth-order valence-electron chi connectivity index (χ4n) is 1.86. The van der Waals surface area contributed by atoms with Gasteiger partial charge in [-0.2, -0.15) is 0 Å². The molecular formula is C18H26N2O5. The number of carbonyl (C=O) groups excluding carboxylic acids is 3. The number of hydrogen-bond donors (Lipinski definition) is 2. The van der Waals surface area contributed by atoms with Crippen LogP contribution in [0, 0.1) is 5.41 Å².